The van der Waals surface area contributed by atoms with E-state index in [1.807, 2.05) is 12.1 Å². The standard InChI is InChI=1S/C15H20N2O4/c1-10(18)16-17-13(19)9-21-14(20)11-5-7-12(8-6-11)15(2,3)4/h5-8H,9H2,1-4H3,(H,16,18)(H,17,19). The van der Waals surface area contributed by atoms with Crippen molar-refractivity contribution in [2.24, 2.45) is 0 Å². The molecule has 0 aliphatic rings. The topological polar surface area (TPSA) is 84.5 Å². The summed E-state index contributed by atoms with van der Waals surface area (Å²) in [5.41, 5.74) is 5.68. The minimum absolute atomic E-state index is 0.000675. The van der Waals surface area contributed by atoms with Crippen LogP contribution in [-0.2, 0) is 19.7 Å². The first kappa shape index (κ1) is 16.7. The van der Waals surface area contributed by atoms with Gasteiger partial charge in [0.2, 0.25) is 5.91 Å². The van der Waals surface area contributed by atoms with Gasteiger partial charge in [0, 0.05) is 6.92 Å². The lowest BCUT2D eigenvalue weighted by Gasteiger charge is -2.18. The molecule has 21 heavy (non-hydrogen) atoms. The molecule has 114 valence electrons. The van der Waals surface area contributed by atoms with Crippen molar-refractivity contribution in [3.63, 3.8) is 0 Å². The molecule has 0 aromatic heterocycles. The molecule has 0 fully saturated rings. The van der Waals surface area contributed by atoms with Gasteiger partial charge in [0.05, 0.1) is 5.56 Å². The monoisotopic (exact) mass is 292 g/mol. The molecule has 0 aliphatic heterocycles. The van der Waals surface area contributed by atoms with Gasteiger partial charge in [-0.05, 0) is 23.1 Å². The number of nitrogens with one attached hydrogen (secondary N) is 2. The van der Waals surface area contributed by atoms with Gasteiger partial charge in [0.1, 0.15) is 0 Å². The zero-order chi connectivity index (χ0) is 16.0. The minimum atomic E-state index is -0.607. The van der Waals surface area contributed by atoms with Crippen molar-refractivity contribution in [3.8, 4) is 0 Å². The number of hydrazine groups is 1. The zero-order valence-electron chi connectivity index (χ0n) is 12.6. The van der Waals surface area contributed by atoms with Gasteiger partial charge < -0.3 is 4.74 Å². The van der Waals surface area contributed by atoms with Crippen LogP contribution in [0.2, 0.25) is 0 Å². The molecule has 0 heterocycles. The quantitative estimate of drug-likeness (QED) is 0.650. The summed E-state index contributed by atoms with van der Waals surface area (Å²) in [6.07, 6.45) is 0. The number of amides is 2. The second kappa shape index (κ2) is 6.88. The fourth-order valence-electron chi connectivity index (χ4n) is 1.51. The van der Waals surface area contributed by atoms with Crippen molar-refractivity contribution in [2.45, 2.75) is 33.1 Å². The van der Waals surface area contributed by atoms with Gasteiger partial charge in [-0.3, -0.25) is 20.4 Å². The van der Waals surface area contributed by atoms with Crippen molar-refractivity contribution in [2.75, 3.05) is 6.61 Å². The van der Waals surface area contributed by atoms with Crippen LogP contribution in [0.5, 0.6) is 0 Å². The summed E-state index contributed by atoms with van der Waals surface area (Å²) in [4.78, 5) is 33.6. The lowest BCUT2D eigenvalue weighted by molar-refractivity contribution is -0.129. The predicted octanol–water partition coefficient (Wildman–Crippen LogP) is 1.31. The van der Waals surface area contributed by atoms with E-state index in [0.29, 0.717) is 5.56 Å². The molecule has 0 atom stereocenters. The molecular weight excluding hydrogens is 272 g/mol. The average molecular weight is 292 g/mol. The number of hydrogen-bond donors (Lipinski definition) is 2. The van der Waals surface area contributed by atoms with Crippen LogP contribution >= 0.6 is 0 Å². The molecular formula is C15H20N2O4. The van der Waals surface area contributed by atoms with Gasteiger partial charge >= 0.3 is 5.97 Å². The molecule has 1 rings (SSSR count). The molecule has 2 amide bonds. The Kier molecular flexibility index (Phi) is 5.46. The molecule has 0 saturated carbocycles. The van der Waals surface area contributed by atoms with E-state index >= 15 is 0 Å². The van der Waals surface area contributed by atoms with Crippen molar-refractivity contribution in [1.82, 2.24) is 10.9 Å². The molecule has 1 aromatic rings. The Balaban J connectivity index is 2.53. The second-order valence-electron chi connectivity index (χ2n) is 5.63. The molecule has 6 heteroatoms. The van der Waals surface area contributed by atoms with Crippen LogP contribution in [-0.4, -0.2) is 24.4 Å². The maximum Gasteiger partial charge on any atom is 0.338 e. The maximum absolute atomic E-state index is 11.8. The average Bonchev–Trinajstić information content (AvgIpc) is 2.41. The van der Waals surface area contributed by atoms with Crippen molar-refractivity contribution >= 4 is 17.8 Å². The lowest BCUT2D eigenvalue weighted by Crippen LogP contribution is -2.42. The van der Waals surface area contributed by atoms with E-state index in [1.165, 1.54) is 6.92 Å². The molecule has 0 unspecified atom stereocenters. The third-order valence-electron chi connectivity index (χ3n) is 2.70. The molecule has 0 bridgehead atoms. The normalized spacial score (nSPS) is 10.7. The van der Waals surface area contributed by atoms with Gasteiger partial charge in [-0.25, -0.2) is 4.79 Å². The number of carbonyl (C=O) groups excluding carboxylic acids is 3. The van der Waals surface area contributed by atoms with E-state index in [4.69, 9.17) is 4.74 Å². The van der Waals surface area contributed by atoms with E-state index in [-0.39, 0.29) is 5.41 Å². The van der Waals surface area contributed by atoms with Gasteiger partial charge in [-0.15, -0.1) is 0 Å². The lowest BCUT2D eigenvalue weighted by atomic mass is 9.87. The predicted molar refractivity (Wildman–Crippen MR) is 77.4 cm³/mol. The van der Waals surface area contributed by atoms with Crippen LogP contribution in [0.25, 0.3) is 0 Å². The first-order valence-corrected chi connectivity index (χ1v) is 6.53. The summed E-state index contributed by atoms with van der Waals surface area (Å²) in [7, 11) is 0. The zero-order valence-corrected chi connectivity index (χ0v) is 12.6. The Morgan fingerprint density at radius 2 is 1.62 bits per heavy atom. The molecule has 6 nitrogen and oxygen atoms in total. The van der Waals surface area contributed by atoms with Crippen molar-refractivity contribution in [3.05, 3.63) is 35.4 Å². The third kappa shape index (κ3) is 5.64. The van der Waals surface area contributed by atoms with Crippen LogP contribution in [0.3, 0.4) is 0 Å². The Labute approximate surface area is 123 Å². The summed E-state index contributed by atoms with van der Waals surface area (Å²) < 4.78 is 4.85. The van der Waals surface area contributed by atoms with Crippen LogP contribution in [0.1, 0.15) is 43.6 Å². The number of hydrogen-bond acceptors (Lipinski definition) is 4. The van der Waals surface area contributed by atoms with E-state index in [9.17, 15) is 14.4 Å². The van der Waals surface area contributed by atoms with E-state index in [2.05, 4.69) is 31.6 Å². The molecule has 0 saturated heterocycles. The van der Waals surface area contributed by atoms with Crippen LogP contribution in [0.15, 0.2) is 24.3 Å². The Morgan fingerprint density at radius 1 is 1.05 bits per heavy atom. The number of ether oxygens (including phenoxy) is 1. The van der Waals surface area contributed by atoms with Gasteiger partial charge in [0.15, 0.2) is 6.61 Å². The number of carbonyl (C=O) groups is 3. The second-order valence-corrected chi connectivity index (χ2v) is 5.63. The smallest absolute Gasteiger partial charge is 0.338 e. The first-order valence-electron chi connectivity index (χ1n) is 6.53. The van der Waals surface area contributed by atoms with Crippen molar-refractivity contribution in [1.29, 1.82) is 0 Å². The van der Waals surface area contributed by atoms with E-state index in [1.54, 1.807) is 12.1 Å². The molecule has 1 aromatic carbocycles. The van der Waals surface area contributed by atoms with Crippen LogP contribution in [0.4, 0.5) is 0 Å². The number of esters is 1. The largest absolute Gasteiger partial charge is 0.452 e. The first-order chi connectivity index (χ1) is 9.70. The molecule has 2 N–H and O–H groups in total. The summed E-state index contributed by atoms with van der Waals surface area (Å²) in [6.45, 7) is 7.02. The maximum atomic E-state index is 11.8. The third-order valence-corrected chi connectivity index (χ3v) is 2.70. The van der Waals surface area contributed by atoms with Gasteiger partial charge in [0.25, 0.3) is 5.91 Å². The SMILES string of the molecule is CC(=O)NNC(=O)COC(=O)c1ccc(C(C)(C)C)cc1. The Bertz CT molecular complexity index is 530. The fourth-order valence-corrected chi connectivity index (χ4v) is 1.51. The highest BCUT2D eigenvalue weighted by molar-refractivity contribution is 5.91. The summed E-state index contributed by atoms with van der Waals surface area (Å²) in [5, 5.41) is 0. The highest BCUT2D eigenvalue weighted by Gasteiger charge is 2.15. The van der Waals surface area contributed by atoms with E-state index < -0.39 is 24.4 Å². The minimum Gasteiger partial charge on any atom is -0.452 e. The molecule has 0 aliphatic carbocycles. The van der Waals surface area contributed by atoms with Crippen molar-refractivity contribution < 1.29 is 19.1 Å². The summed E-state index contributed by atoms with van der Waals surface area (Å²) >= 11 is 0. The van der Waals surface area contributed by atoms with Gasteiger partial charge in [-0.1, -0.05) is 32.9 Å². The summed E-state index contributed by atoms with van der Waals surface area (Å²) in [6, 6.07) is 7.03. The van der Waals surface area contributed by atoms with Crippen LogP contribution < -0.4 is 10.9 Å². The summed E-state index contributed by atoms with van der Waals surface area (Å²) in [5.74, 6) is -1.61. The Morgan fingerprint density at radius 3 is 2.10 bits per heavy atom. The van der Waals surface area contributed by atoms with Gasteiger partial charge in [-0.2, -0.15) is 0 Å². The Hall–Kier alpha value is -2.37. The molecule has 0 radical (unpaired) electrons. The fraction of sp³-hybridized carbons (Fsp3) is 0.400. The highest BCUT2D eigenvalue weighted by atomic mass is 16.5. The van der Waals surface area contributed by atoms with Crippen LogP contribution in [0, 0.1) is 0 Å². The molecule has 0 spiro atoms. The number of rotatable bonds is 3. The van der Waals surface area contributed by atoms with E-state index in [0.717, 1.165) is 5.56 Å². The highest BCUT2D eigenvalue weighted by Crippen LogP contribution is 2.22. The number of benzene rings is 1.